The fourth-order valence-electron chi connectivity index (χ4n) is 1.90. The number of aliphatic hydroxyl groups is 1. The van der Waals surface area contributed by atoms with E-state index >= 15 is 0 Å². The van der Waals surface area contributed by atoms with Gasteiger partial charge in [0.2, 0.25) is 0 Å². The van der Waals surface area contributed by atoms with Gasteiger partial charge in [0.05, 0.1) is 5.60 Å². The van der Waals surface area contributed by atoms with Gasteiger partial charge >= 0.3 is 0 Å². The maximum Gasteiger partial charge on any atom is 0.0869 e. The quantitative estimate of drug-likeness (QED) is 0.572. The van der Waals surface area contributed by atoms with Crippen LogP contribution in [0, 0.1) is 0 Å². The van der Waals surface area contributed by atoms with Crippen LogP contribution < -0.4 is 5.32 Å². The fraction of sp³-hybridized carbons (Fsp3) is 1.00. The number of rotatable bonds is 1. The Labute approximate surface area is 73.8 Å². The predicted molar refractivity (Wildman–Crippen MR) is 48.1 cm³/mol. The summed E-state index contributed by atoms with van der Waals surface area (Å²) >= 11 is 0. The molecule has 2 N–H and O–H groups in total. The molecule has 3 heteroatoms. The van der Waals surface area contributed by atoms with Crippen molar-refractivity contribution in [1.82, 2.24) is 10.2 Å². The van der Waals surface area contributed by atoms with Crippen molar-refractivity contribution in [2.45, 2.75) is 31.4 Å². The van der Waals surface area contributed by atoms with Gasteiger partial charge < -0.3 is 10.4 Å². The van der Waals surface area contributed by atoms with Gasteiger partial charge in [0, 0.05) is 32.2 Å². The zero-order valence-corrected chi connectivity index (χ0v) is 7.71. The summed E-state index contributed by atoms with van der Waals surface area (Å²) in [7, 11) is 0. The van der Waals surface area contributed by atoms with Gasteiger partial charge in [-0.1, -0.05) is 0 Å². The molecule has 12 heavy (non-hydrogen) atoms. The van der Waals surface area contributed by atoms with E-state index in [4.69, 9.17) is 0 Å². The smallest absolute Gasteiger partial charge is 0.0869 e. The predicted octanol–water partition coefficient (Wildman–Crippen LogP) is -0.195. The Hall–Kier alpha value is -0.120. The zero-order chi connectivity index (χ0) is 8.60. The average molecular weight is 170 g/mol. The van der Waals surface area contributed by atoms with E-state index in [0.717, 1.165) is 32.2 Å². The second-order valence-electron chi connectivity index (χ2n) is 4.38. The average Bonchev–Trinajstić information content (AvgIpc) is 2.73. The number of β-amino-alcohol motifs (C(OH)–C–C–N with tert-alkyl or cyclic N) is 1. The first-order valence-corrected chi connectivity index (χ1v) is 4.84. The van der Waals surface area contributed by atoms with Crippen LogP contribution in [0.25, 0.3) is 0 Å². The lowest BCUT2D eigenvalue weighted by atomic mass is 10.1. The van der Waals surface area contributed by atoms with E-state index in [0.29, 0.717) is 0 Å². The maximum absolute atomic E-state index is 9.90. The molecular formula is C9H18N2O. The molecule has 2 aliphatic rings. The van der Waals surface area contributed by atoms with Crippen LogP contribution in [-0.2, 0) is 0 Å². The minimum absolute atomic E-state index is 0.529. The minimum Gasteiger partial charge on any atom is -0.388 e. The maximum atomic E-state index is 9.90. The molecule has 0 bridgehead atoms. The van der Waals surface area contributed by atoms with Gasteiger partial charge in [-0.2, -0.15) is 0 Å². The van der Waals surface area contributed by atoms with E-state index in [1.54, 1.807) is 0 Å². The first-order valence-electron chi connectivity index (χ1n) is 4.84. The molecule has 1 heterocycles. The number of nitrogens with zero attached hydrogens (tertiary/aromatic N) is 1. The Morgan fingerprint density at radius 3 is 2.92 bits per heavy atom. The molecule has 1 saturated heterocycles. The van der Waals surface area contributed by atoms with Gasteiger partial charge in [0.15, 0.2) is 0 Å². The Balaban J connectivity index is 1.95. The van der Waals surface area contributed by atoms with Crippen molar-refractivity contribution < 1.29 is 5.11 Å². The first kappa shape index (κ1) is 8.48. The molecule has 1 unspecified atom stereocenters. The normalized spacial score (nSPS) is 39.5. The van der Waals surface area contributed by atoms with Crippen molar-refractivity contribution in [3.8, 4) is 0 Å². The molecule has 1 aliphatic heterocycles. The molecule has 0 spiro atoms. The van der Waals surface area contributed by atoms with Crippen molar-refractivity contribution in [1.29, 1.82) is 0 Å². The summed E-state index contributed by atoms with van der Waals surface area (Å²) in [6.07, 6.45) is 2.66. The standard InChI is InChI=1S/C9H18N2O/c1-9(12)6-10-4-5-11(7-9)8-2-3-8/h8,10,12H,2-7H2,1H3. The highest BCUT2D eigenvalue weighted by Gasteiger charge is 2.34. The van der Waals surface area contributed by atoms with Crippen LogP contribution in [0.2, 0.25) is 0 Å². The molecule has 1 saturated carbocycles. The van der Waals surface area contributed by atoms with E-state index in [2.05, 4.69) is 10.2 Å². The van der Waals surface area contributed by atoms with Crippen LogP contribution >= 0.6 is 0 Å². The Bertz CT molecular complexity index is 166. The summed E-state index contributed by atoms with van der Waals surface area (Å²) in [4.78, 5) is 2.42. The van der Waals surface area contributed by atoms with Crippen LogP contribution in [0.3, 0.4) is 0 Å². The highest BCUT2D eigenvalue weighted by molar-refractivity contribution is 4.91. The topological polar surface area (TPSA) is 35.5 Å². The molecule has 0 aromatic carbocycles. The minimum atomic E-state index is -0.529. The lowest BCUT2D eigenvalue weighted by molar-refractivity contribution is 0.0320. The third kappa shape index (κ3) is 1.97. The van der Waals surface area contributed by atoms with Crippen LogP contribution in [-0.4, -0.2) is 47.8 Å². The van der Waals surface area contributed by atoms with E-state index < -0.39 is 5.60 Å². The molecule has 2 fully saturated rings. The summed E-state index contributed by atoms with van der Waals surface area (Å²) in [5, 5.41) is 13.2. The molecule has 0 amide bonds. The van der Waals surface area contributed by atoms with Crippen molar-refractivity contribution in [2.24, 2.45) is 0 Å². The molecule has 1 aliphatic carbocycles. The molecule has 70 valence electrons. The number of nitrogens with one attached hydrogen (secondary N) is 1. The Morgan fingerprint density at radius 1 is 1.50 bits per heavy atom. The molecule has 0 aromatic heterocycles. The van der Waals surface area contributed by atoms with Crippen LogP contribution in [0.4, 0.5) is 0 Å². The van der Waals surface area contributed by atoms with Crippen molar-refractivity contribution in [3.63, 3.8) is 0 Å². The summed E-state index contributed by atoms with van der Waals surface area (Å²) in [6, 6.07) is 0.774. The van der Waals surface area contributed by atoms with Crippen LogP contribution in [0.5, 0.6) is 0 Å². The zero-order valence-electron chi connectivity index (χ0n) is 7.71. The Kier molecular flexibility index (Phi) is 2.10. The molecule has 0 aromatic rings. The summed E-state index contributed by atoms with van der Waals surface area (Å²) in [6.45, 7) is 5.61. The highest BCUT2D eigenvalue weighted by atomic mass is 16.3. The van der Waals surface area contributed by atoms with E-state index in [-0.39, 0.29) is 0 Å². The van der Waals surface area contributed by atoms with Gasteiger partial charge in [0.25, 0.3) is 0 Å². The van der Waals surface area contributed by atoms with Gasteiger partial charge in [-0.05, 0) is 19.8 Å². The molecule has 3 nitrogen and oxygen atoms in total. The second-order valence-corrected chi connectivity index (χ2v) is 4.38. The van der Waals surface area contributed by atoms with E-state index in [1.807, 2.05) is 6.92 Å². The van der Waals surface area contributed by atoms with E-state index in [9.17, 15) is 5.11 Å². The third-order valence-corrected chi connectivity index (χ3v) is 2.69. The largest absolute Gasteiger partial charge is 0.388 e. The highest BCUT2D eigenvalue weighted by Crippen LogP contribution is 2.28. The van der Waals surface area contributed by atoms with Crippen LogP contribution in [0.15, 0.2) is 0 Å². The summed E-state index contributed by atoms with van der Waals surface area (Å²) in [5.74, 6) is 0. The molecular weight excluding hydrogens is 152 g/mol. The lowest BCUT2D eigenvalue weighted by Gasteiger charge is -2.27. The monoisotopic (exact) mass is 170 g/mol. The number of hydrogen-bond donors (Lipinski definition) is 2. The van der Waals surface area contributed by atoms with Gasteiger partial charge in [-0.15, -0.1) is 0 Å². The first-order chi connectivity index (χ1) is 5.67. The molecule has 2 rings (SSSR count). The van der Waals surface area contributed by atoms with E-state index in [1.165, 1.54) is 12.8 Å². The fourth-order valence-corrected chi connectivity index (χ4v) is 1.90. The summed E-state index contributed by atoms with van der Waals surface area (Å²) in [5.41, 5.74) is -0.529. The SMILES string of the molecule is CC1(O)CNCCN(C2CC2)C1. The van der Waals surface area contributed by atoms with Gasteiger partial charge in [-0.25, -0.2) is 0 Å². The van der Waals surface area contributed by atoms with Gasteiger partial charge in [-0.3, -0.25) is 4.90 Å². The molecule has 0 radical (unpaired) electrons. The summed E-state index contributed by atoms with van der Waals surface area (Å²) < 4.78 is 0. The van der Waals surface area contributed by atoms with Crippen LogP contribution in [0.1, 0.15) is 19.8 Å². The number of hydrogen-bond acceptors (Lipinski definition) is 3. The lowest BCUT2D eigenvalue weighted by Crippen LogP contribution is -2.43. The van der Waals surface area contributed by atoms with Crippen molar-refractivity contribution in [3.05, 3.63) is 0 Å². The van der Waals surface area contributed by atoms with Crippen molar-refractivity contribution in [2.75, 3.05) is 26.2 Å². The third-order valence-electron chi connectivity index (χ3n) is 2.69. The molecule has 1 atom stereocenters. The van der Waals surface area contributed by atoms with Gasteiger partial charge in [0.1, 0.15) is 0 Å². The second kappa shape index (κ2) is 2.98. The Morgan fingerprint density at radius 2 is 2.25 bits per heavy atom. The van der Waals surface area contributed by atoms with Crippen molar-refractivity contribution >= 4 is 0 Å².